The Morgan fingerprint density at radius 1 is 1.48 bits per heavy atom. The standard InChI is InChI=1S/C15H22N2O4/c1-9(2)13-10(8-21-17-13)14(19)16-11-7-12(18)15(11)3-5-20-6-4-15/h8-9,11-12,18H,3-7H2,1-2H3,(H,16,19)/t11-,12-/m1/s1. The van der Waals surface area contributed by atoms with E-state index in [1.807, 2.05) is 13.8 Å². The Morgan fingerprint density at radius 3 is 2.81 bits per heavy atom. The van der Waals surface area contributed by atoms with Gasteiger partial charge in [0.2, 0.25) is 0 Å². The van der Waals surface area contributed by atoms with E-state index < -0.39 is 0 Å². The third-order valence-electron chi connectivity index (χ3n) is 4.93. The van der Waals surface area contributed by atoms with Gasteiger partial charge in [0.05, 0.1) is 11.8 Å². The highest BCUT2D eigenvalue weighted by molar-refractivity contribution is 5.95. The summed E-state index contributed by atoms with van der Waals surface area (Å²) in [6.07, 6.45) is 3.24. The third-order valence-corrected chi connectivity index (χ3v) is 4.93. The second-order valence-electron chi connectivity index (χ2n) is 6.39. The molecule has 1 aliphatic carbocycles. The maximum absolute atomic E-state index is 12.4. The van der Waals surface area contributed by atoms with Crippen LogP contribution in [0.1, 0.15) is 55.1 Å². The summed E-state index contributed by atoms with van der Waals surface area (Å²) in [4.78, 5) is 12.4. The molecule has 1 aliphatic heterocycles. The van der Waals surface area contributed by atoms with Crippen molar-refractivity contribution in [2.24, 2.45) is 5.41 Å². The number of carbonyl (C=O) groups excluding carboxylic acids is 1. The molecule has 0 unspecified atom stereocenters. The zero-order chi connectivity index (χ0) is 15.0. The van der Waals surface area contributed by atoms with Crippen molar-refractivity contribution in [1.29, 1.82) is 0 Å². The Kier molecular flexibility index (Phi) is 3.75. The first kappa shape index (κ1) is 14.5. The number of nitrogens with one attached hydrogen (secondary N) is 1. The summed E-state index contributed by atoms with van der Waals surface area (Å²) in [6.45, 7) is 5.24. The molecule has 21 heavy (non-hydrogen) atoms. The summed E-state index contributed by atoms with van der Waals surface area (Å²) >= 11 is 0. The molecular weight excluding hydrogens is 272 g/mol. The number of aliphatic hydroxyl groups is 1. The fourth-order valence-corrected chi connectivity index (χ4v) is 3.47. The molecular formula is C15H22N2O4. The molecule has 0 aromatic carbocycles. The number of amides is 1. The fraction of sp³-hybridized carbons (Fsp3) is 0.733. The topological polar surface area (TPSA) is 84.6 Å². The summed E-state index contributed by atoms with van der Waals surface area (Å²) in [6, 6.07) is -0.00110. The maximum atomic E-state index is 12.4. The van der Waals surface area contributed by atoms with Crippen molar-refractivity contribution in [2.75, 3.05) is 13.2 Å². The van der Waals surface area contributed by atoms with Gasteiger partial charge in [-0.3, -0.25) is 4.79 Å². The van der Waals surface area contributed by atoms with Crippen molar-refractivity contribution < 1.29 is 19.2 Å². The van der Waals surface area contributed by atoms with Gasteiger partial charge < -0.3 is 19.7 Å². The average molecular weight is 294 g/mol. The number of aromatic nitrogens is 1. The molecule has 1 aromatic heterocycles. The third kappa shape index (κ3) is 2.36. The lowest BCUT2D eigenvalue weighted by molar-refractivity contribution is -0.145. The van der Waals surface area contributed by atoms with Crippen LogP contribution in [0.2, 0.25) is 0 Å². The van der Waals surface area contributed by atoms with Gasteiger partial charge in [0.15, 0.2) is 0 Å². The van der Waals surface area contributed by atoms with Crippen LogP contribution in [-0.2, 0) is 4.74 Å². The number of nitrogens with zero attached hydrogens (tertiary/aromatic N) is 1. The minimum atomic E-state index is -0.348. The van der Waals surface area contributed by atoms with Crippen LogP contribution < -0.4 is 5.32 Å². The molecule has 1 amide bonds. The van der Waals surface area contributed by atoms with Crippen molar-refractivity contribution >= 4 is 5.91 Å². The van der Waals surface area contributed by atoms with E-state index in [-0.39, 0.29) is 29.4 Å². The van der Waals surface area contributed by atoms with Crippen LogP contribution in [0.4, 0.5) is 0 Å². The van der Waals surface area contributed by atoms with Crippen LogP contribution in [0.25, 0.3) is 0 Å². The Bertz CT molecular complexity index is 519. The molecule has 3 rings (SSSR count). The van der Waals surface area contributed by atoms with Gasteiger partial charge in [0, 0.05) is 24.7 Å². The van der Waals surface area contributed by atoms with E-state index in [0.717, 1.165) is 12.8 Å². The molecule has 116 valence electrons. The minimum Gasteiger partial charge on any atom is -0.392 e. The second kappa shape index (κ2) is 5.42. The highest BCUT2D eigenvalue weighted by atomic mass is 16.5. The highest BCUT2D eigenvalue weighted by Crippen LogP contribution is 2.49. The predicted octanol–water partition coefficient (Wildman–Crippen LogP) is 1.46. The monoisotopic (exact) mass is 294 g/mol. The number of hydrogen-bond acceptors (Lipinski definition) is 5. The summed E-state index contributed by atoms with van der Waals surface area (Å²) in [7, 11) is 0. The van der Waals surface area contributed by atoms with Crippen LogP contribution in [-0.4, -0.2) is 41.5 Å². The van der Waals surface area contributed by atoms with Gasteiger partial charge in [0.1, 0.15) is 11.8 Å². The van der Waals surface area contributed by atoms with E-state index in [1.54, 1.807) is 0 Å². The van der Waals surface area contributed by atoms with Gasteiger partial charge in [-0.05, 0) is 25.2 Å². The molecule has 2 fully saturated rings. The van der Waals surface area contributed by atoms with E-state index in [1.165, 1.54) is 6.26 Å². The normalized spacial score (nSPS) is 27.6. The van der Waals surface area contributed by atoms with Crippen LogP contribution in [0.15, 0.2) is 10.8 Å². The Balaban J connectivity index is 1.71. The van der Waals surface area contributed by atoms with E-state index >= 15 is 0 Å². The summed E-state index contributed by atoms with van der Waals surface area (Å²) in [5, 5.41) is 17.1. The minimum absolute atomic E-state index is 0.00110. The summed E-state index contributed by atoms with van der Waals surface area (Å²) in [5.41, 5.74) is 0.949. The predicted molar refractivity (Wildman–Crippen MR) is 75.0 cm³/mol. The van der Waals surface area contributed by atoms with Gasteiger partial charge in [-0.1, -0.05) is 19.0 Å². The van der Waals surface area contributed by atoms with Crippen molar-refractivity contribution in [2.45, 2.75) is 51.2 Å². The molecule has 0 bridgehead atoms. The second-order valence-corrected chi connectivity index (χ2v) is 6.39. The molecule has 2 aliphatic rings. The van der Waals surface area contributed by atoms with Gasteiger partial charge in [-0.25, -0.2) is 0 Å². The van der Waals surface area contributed by atoms with Gasteiger partial charge in [0.25, 0.3) is 5.91 Å². The van der Waals surface area contributed by atoms with Crippen LogP contribution >= 0.6 is 0 Å². The van der Waals surface area contributed by atoms with Crippen molar-refractivity contribution in [3.05, 3.63) is 17.5 Å². The molecule has 2 N–H and O–H groups in total. The summed E-state index contributed by atoms with van der Waals surface area (Å²) < 4.78 is 10.3. The molecule has 6 nitrogen and oxygen atoms in total. The van der Waals surface area contributed by atoms with Crippen molar-refractivity contribution in [3.63, 3.8) is 0 Å². The number of hydrogen-bond donors (Lipinski definition) is 2. The average Bonchev–Trinajstić information content (AvgIpc) is 2.97. The lowest BCUT2D eigenvalue weighted by Crippen LogP contribution is -2.65. The molecule has 1 saturated heterocycles. The first-order valence-corrected chi connectivity index (χ1v) is 7.55. The zero-order valence-electron chi connectivity index (χ0n) is 12.5. The number of carbonyl (C=O) groups is 1. The number of aliphatic hydroxyl groups excluding tert-OH is 1. The van der Waals surface area contributed by atoms with Crippen molar-refractivity contribution in [1.82, 2.24) is 10.5 Å². The van der Waals surface area contributed by atoms with Crippen LogP contribution in [0.3, 0.4) is 0 Å². The number of rotatable bonds is 3. The molecule has 2 atom stereocenters. The van der Waals surface area contributed by atoms with Gasteiger partial charge >= 0.3 is 0 Å². The Labute approximate surface area is 123 Å². The van der Waals surface area contributed by atoms with Crippen LogP contribution in [0, 0.1) is 5.41 Å². The van der Waals surface area contributed by atoms with Crippen LogP contribution in [0.5, 0.6) is 0 Å². The fourth-order valence-electron chi connectivity index (χ4n) is 3.47. The first-order valence-electron chi connectivity index (χ1n) is 7.55. The molecule has 6 heteroatoms. The summed E-state index contributed by atoms with van der Waals surface area (Å²) in [5.74, 6) is -0.0313. The molecule has 0 radical (unpaired) electrons. The zero-order valence-corrected chi connectivity index (χ0v) is 12.5. The SMILES string of the molecule is CC(C)c1nocc1C(=O)N[C@@H]1C[C@@H](O)C12CCOCC2. The molecule has 1 spiro atoms. The van der Waals surface area contributed by atoms with E-state index in [9.17, 15) is 9.90 Å². The van der Waals surface area contributed by atoms with E-state index in [2.05, 4.69) is 10.5 Å². The lowest BCUT2D eigenvalue weighted by Gasteiger charge is -2.55. The number of ether oxygens (including phenoxy) is 1. The maximum Gasteiger partial charge on any atom is 0.256 e. The molecule has 2 heterocycles. The van der Waals surface area contributed by atoms with E-state index in [0.29, 0.717) is 30.9 Å². The lowest BCUT2D eigenvalue weighted by atomic mass is 9.58. The van der Waals surface area contributed by atoms with E-state index in [4.69, 9.17) is 9.26 Å². The Morgan fingerprint density at radius 2 is 2.19 bits per heavy atom. The highest BCUT2D eigenvalue weighted by Gasteiger charge is 2.55. The largest absolute Gasteiger partial charge is 0.392 e. The van der Waals surface area contributed by atoms with Gasteiger partial charge in [-0.2, -0.15) is 0 Å². The quantitative estimate of drug-likeness (QED) is 0.881. The molecule has 1 aromatic rings. The van der Waals surface area contributed by atoms with Gasteiger partial charge in [-0.15, -0.1) is 0 Å². The molecule has 1 saturated carbocycles. The smallest absolute Gasteiger partial charge is 0.256 e. The first-order chi connectivity index (χ1) is 10.0. The van der Waals surface area contributed by atoms with Crippen molar-refractivity contribution in [3.8, 4) is 0 Å². The Hall–Kier alpha value is -1.40.